The third kappa shape index (κ3) is 2.33. The van der Waals surface area contributed by atoms with Gasteiger partial charge in [-0.15, -0.1) is 0 Å². The van der Waals surface area contributed by atoms with Crippen molar-refractivity contribution in [3.05, 3.63) is 60.2 Å². The minimum atomic E-state index is -0.245. The summed E-state index contributed by atoms with van der Waals surface area (Å²) in [6.45, 7) is 1.20. The molecule has 0 saturated carbocycles. The lowest BCUT2D eigenvalue weighted by molar-refractivity contribution is -0.0787. The second kappa shape index (κ2) is 5.01. The van der Waals surface area contributed by atoms with Gasteiger partial charge >= 0.3 is 0 Å². The van der Waals surface area contributed by atoms with Crippen LogP contribution in [-0.4, -0.2) is 13.2 Å². The fourth-order valence-corrected chi connectivity index (χ4v) is 2.11. The van der Waals surface area contributed by atoms with Crippen LogP contribution in [0.4, 0.5) is 0 Å². The molecule has 3 rings (SSSR count). The second-order valence-corrected chi connectivity index (χ2v) is 4.66. The Kier molecular flexibility index (Phi) is 3.21. The topological polar surface area (TPSA) is 56.5 Å². The van der Waals surface area contributed by atoms with Crippen molar-refractivity contribution < 1.29 is 9.47 Å². The number of hydrazine groups is 1. The molecule has 1 aliphatic heterocycles. The Bertz CT molecular complexity index is 530. The number of nitrogens with two attached hydrogens (primary N) is 1. The van der Waals surface area contributed by atoms with Crippen molar-refractivity contribution in [2.45, 2.75) is 5.54 Å². The zero-order chi connectivity index (χ0) is 13.1. The molecule has 4 heteroatoms. The van der Waals surface area contributed by atoms with Crippen LogP contribution in [0.2, 0.25) is 0 Å². The van der Waals surface area contributed by atoms with Crippen molar-refractivity contribution in [2.75, 3.05) is 13.2 Å². The number of benzene rings is 2. The Balaban J connectivity index is 1.76. The van der Waals surface area contributed by atoms with E-state index in [-0.39, 0.29) is 5.54 Å². The highest BCUT2D eigenvalue weighted by atomic mass is 16.5. The van der Waals surface area contributed by atoms with Gasteiger partial charge in [-0.05, 0) is 29.8 Å². The number of hydrogen-bond acceptors (Lipinski definition) is 4. The molecule has 0 atom stereocenters. The Morgan fingerprint density at radius 1 is 0.947 bits per heavy atom. The zero-order valence-electron chi connectivity index (χ0n) is 10.5. The zero-order valence-corrected chi connectivity index (χ0v) is 10.5. The Morgan fingerprint density at radius 3 is 2.11 bits per heavy atom. The minimum Gasteiger partial charge on any atom is -0.457 e. The molecule has 0 radical (unpaired) electrons. The van der Waals surface area contributed by atoms with E-state index in [4.69, 9.17) is 15.3 Å². The average Bonchev–Trinajstić information content (AvgIpc) is 2.41. The molecule has 98 valence electrons. The second-order valence-electron chi connectivity index (χ2n) is 4.66. The van der Waals surface area contributed by atoms with Crippen molar-refractivity contribution in [1.29, 1.82) is 0 Å². The first-order chi connectivity index (χ1) is 9.32. The predicted octanol–water partition coefficient (Wildman–Crippen LogP) is 2.17. The summed E-state index contributed by atoms with van der Waals surface area (Å²) in [5.74, 6) is 7.24. The Hall–Kier alpha value is -1.88. The highest BCUT2D eigenvalue weighted by Gasteiger charge is 2.39. The van der Waals surface area contributed by atoms with E-state index in [0.29, 0.717) is 13.2 Å². The number of ether oxygens (including phenoxy) is 2. The fraction of sp³-hybridized carbons (Fsp3) is 0.200. The van der Waals surface area contributed by atoms with E-state index in [2.05, 4.69) is 5.43 Å². The lowest BCUT2D eigenvalue weighted by Gasteiger charge is -2.41. The molecule has 0 aliphatic carbocycles. The summed E-state index contributed by atoms with van der Waals surface area (Å²) in [5.41, 5.74) is 3.70. The Morgan fingerprint density at radius 2 is 1.58 bits per heavy atom. The van der Waals surface area contributed by atoms with Crippen LogP contribution < -0.4 is 16.0 Å². The molecule has 0 aromatic heterocycles. The van der Waals surface area contributed by atoms with Gasteiger partial charge in [0.2, 0.25) is 0 Å². The van der Waals surface area contributed by atoms with Gasteiger partial charge < -0.3 is 9.47 Å². The maximum atomic E-state index is 5.75. The predicted molar refractivity (Wildman–Crippen MR) is 72.8 cm³/mol. The summed E-state index contributed by atoms with van der Waals surface area (Å²) in [5, 5.41) is 0. The van der Waals surface area contributed by atoms with Crippen molar-refractivity contribution in [3.8, 4) is 11.5 Å². The maximum Gasteiger partial charge on any atom is 0.127 e. The average molecular weight is 256 g/mol. The first-order valence-electron chi connectivity index (χ1n) is 6.21. The van der Waals surface area contributed by atoms with Gasteiger partial charge in [-0.3, -0.25) is 5.84 Å². The highest BCUT2D eigenvalue weighted by molar-refractivity contribution is 5.36. The lowest BCUT2D eigenvalue weighted by atomic mass is 9.89. The maximum absolute atomic E-state index is 5.75. The number of rotatable bonds is 4. The van der Waals surface area contributed by atoms with Crippen LogP contribution in [0.5, 0.6) is 11.5 Å². The van der Waals surface area contributed by atoms with Crippen molar-refractivity contribution in [1.82, 2.24) is 5.43 Å². The van der Waals surface area contributed by atoms with Crippen molar-refractivity contribution in [2.24, 2.45) is 5.84 Å². The molecule has 4 nitrogen and oxygen atoms in total. The van der Waals surface area contributed by atoms with Crippen LogP contribution in [0.25, 0.3) is 0 Å². The molecule has 0 amide bonds. The highest BCUT2D eigenvalue weighted by Crippen LogP contribution is 2.30. The van der Waals surface area contributed by atoms with Crippen molar-refractivity contribution in [3.63, 3.8) is 0 Å². The van der Waals surface area contributed by atoms with E-state index in [9.17, 15) is 0 Å². The van der Waals surface area contributed by atoms with Gasteiger partial charge in [0.05, 0.1) is 13.2 Å². The standard InChI is InChI=1S/C15H16N2O2/c16-17-15(10-18-11-15)12-6-8-14(9-7-12)19-13-4-2-1-3-5-13/h1-9,17H,10-11,16H2. The van der Waals surface area contributed by atoms with Crippen LogP contribution in [0.1, 0.15) is 5.56 Å². The van der Waals surface area contributed by atoms with Crippen LogP contribution >= 0.6 is 0 Å². The quantitative estimate of drug-likeness (QED) is 0.650. The van der Waals surface area contributed by atoms with Crippen LogP contribution in [0.3, 0.4) is 0 Å². The number of para-hydroxylation sites is 1. The molecule has 0 bridgehead atoms. The van der Waals surface area contributed by atoms with Gasteiger partial charge in [0, 0.05) is 0 Å². The van der Waals surface area contributed by atoms with E-state index in [1.807, 2.05) is 54.6 Å². The molecule has 19 heavy (non-hydrogen) atoms. The number of hydrogen-bond donors (Lipinski definition) is 2. The molecule has 2 aromatic rings. The van der Waals surface area contributed by atoms with Crippen LogP contribution in [-0.2, 0) is 10.3 Å². The normalized spacial score (nSPS) is 16.7. The third-order valence-corrected chi connectivity index (χ3v) is 3.36. The van der Waals surface area contributed by atoms with E-state index in [1.54, 1.807) is 0 Å². The monoisotopic (exact) mass is 256 g/mol. The molecule has 0 spiro atoms. The largest absolute Gasteiger partial charge is 0.457 e. The molecular weight excluding hydrogens is 240 g/mol. The summed E-state index contributed by atoms with van der Waals surface area (Å²) in [4.78, 5) is 0. The molecular formula is C15H16N2O2. The molecule has 0 unspecified atom stereocenters. The van der Waals surface area contributed by atoms with Gasteiger partial charge in [0.25, 0.3) is 0 Å². The smallest absolute Gasteiger partial charge is 0.127 e. The lowest BCUT2D eigenvalue weighted by Crippen LogP contribution is -2.60. The van der Waals surface area contributed by atoms with Gasteiger partial charge in [0.15, 0.2) is 0 Å². The van der Waals surface area contributed by atoms with E-state index >= 15 is 0 Å². The first kappa shape index (κ1) is 12.2. The van der Waals surface area contributed by atoms with Gasteiger partial charge in [-0.1, -0.05) is 30.3 Å². The molecule has 1 heterocycles. The number of nitrogens with one attached hydrogen (secondary N) is 1. The summed E-state index contributed by atoms with van der Waals surface area (Å²) >= 11 is 0. The molecule has 1 saturated heterocycles. The van der Waals surface area contributed by atoms with Crippen LogP contribution in [0.15, 0.2) is 54.6 Å². The minimum absolute atomic E-state index is 0.245. The van der Waals surface area contributed by atoms with Crippen molar-refractivity contribution >= 4 is 0 Å². The van der Waals surface area contributed by atoms with E-state index in [1.165, 1.54) is 0 Å². The van der Waals surface area contributed by atoms with Crippen LogP contribution in [0, 0.1) is 0 Å². The van der Waals surface area contributed by atoms with Gasteiger partial charge in [-0.2, -0.15) is 0 Å². The van der Waals surface area contributed by atoms with E-state index in [0.717, 1.165) is 17.1 Å². The third-order valence-electron chi connectivity index (χ3n) is 3.36. The molecule has 1 fully saturated rings. The molecule has 3 N–H and O–H groups in total. The summed E-state index contributed by atoms with van der Waals surface area (Å²) in [6, 6.07) is 17.6. The first-order valence-corrected chi connectivity index (χ1v) is 6.21. The SMILES string of the molecule is NNC1(c2ccc(Oc3ccccc3)cc2)COC1. The summed E-state index contributed by atoms with van der Waals surface area (Å²) in [7, 11) is 0. The van der Waals surface area contributed by atoms with E-state index < -0.39 is 0 Å². The fourth-order valence-electron chi connectivity index (χ4n) is 2.11. The van der Waals surface area contributed by atoms with Gasteiger partial charge in [-0.25, -0.2) is 5.43 Å². The summed E-state index contributed by atoms with van der Waals surface area (Å²) in [6.07, 6.45) is 0. The molecule has 2 aromatic carbocycles. The molecule has 1 aliphatic rings. The van der Waals surface area contributed by atoms with Gasteiger partial charge in [0.1, 0.15) is 17.0 Å². The Labute approximate surface area is 112 Å². The summed E-state index contributed by atoms with van der Waals surface area (Å²) < 4.78 is 11.0.